The number of aryl methyl sites for hydroxylation is 2. The molecule has 8 heteroatoms. The first kappa shape index (κ1) is 14.8. The molecule has 2 aromatic rings. The first-order valence-electron chi connectivity index (χ1n) is 6.26. The van der Waals surface area contributed by atoms with E-state index in [4.69, 9.17) is 4.42 Å². The Morgan fingerprint density at radius 1 is 1.43 bits per heavy atom. The van der Waals surface area contributed by atoms with Crippen LogP contribution in [0, 0.1) is 6.92 Å². The second-order valence-electron chi connectivity index (χ2n) is 4.84. The van der Waals surface area contributed by atoms with Crippen molar-refractivity contribution in [3.05, 3.63) is 28.0 Å². The Morgan fingerprint density at radius 2 is 2.10 bits per heavy atom. The van der Waals surface area contributed by atoms with Gasteiger partial charge < -0.3 is 19.2 Å². The van der Waals surface area contributed by atoms with Crippen molar-refractivity contribution in [1.29, 1.82) is 0 Å². The maximum atomic E-state index is 12.2. The fourth-order valence-corrected chi connectivity index (χ4v) is 1.86. The molecule has 0 atom stereocenters. The first-order chi connectivity index (χ1) is 9.82. The summed E-state index contributed by atoms with van der Waals surface area (Å²) in [6, 6.07) is 0. The van der Waals surface area contributed by atoms with Crippen LogP contribution < -0.4 is 10.9 Å². The van der Waals surface area contributed by atoms with Gasteiger partial charge >= 0.3 is 0 Å². The van der Waals surface area contributed by atoms with Crippen LogP contribution in [0.5, 0.6) is 0 Å². The minimum atomic E-state index is -0.536. The number of rotatable bonds is 3. The van der Waals surface area contributed by atoms with E-state index in [1.54, 1.807) is 21.0 Å². The van der Waals surface area contributed by atoms with E-state index in [0.717, 1.165) is 0 Å². The average Bonchev–Trinajstić information content (AvgIpc) is 2.77. The summed E-state index contributed by atoms with van der Waals surface area (Å²) in [5.74, 6) is -0.498. The van der Waals surface area contributed by atoms with Crippen LogP contribution in [0.2, 0.25) is 0 Å². The van der Waals surface area contributed by atoms with Gasteiger partial charge in [-0.1, -0.05) is 0 Å². The Morgan fingerprint density at radius 3 is 2.71 bits per heavy atom. The number of amides is 2. The molecular weight excluding hydrogens is 276 g/mol. The number of hydrogen-bond donors (Lipinski definition) is 1. The van der Waals surface area contributed by atoms with Crippen molar-refractivity contribution in [2.75, 3.05) is 20.6 Å². The Kier molecular flexibility index (Phi) is 3.79. The van der Waals surface area contributed by atoms with Crippen molar-refractivity contribution in [2.24, 2.45) is 7.05 Å². The Bertz CT molecular complexity index is 772. The van der Waals surface area contributed by atoms with Crippen molar-refractivity contribution in [1.82, 2.24) is 19.8 Å². The van der Waals surface area contributed by atoms with Gasteiger partial charge in [-0.2, -0.15) is 0 Å². The first-order valence-corrected chi connectivity index (χ1v) is 6.26. The zero-order valence-electron chi connectivity index (χ0n) is 12.3. The number of likely N-dealkylation sites (N-methyl/N-ethyl adjacent to an activating group) is 1. The van der Waals surface area contributed by atoms with E-state index >= 15 is 0 Å². The van der Waals surface area contributed by atoms with Gasteiger partial charge in [-0.15, -0.1) is 0 Å². The maximum Gasteiger partial charge on any atom is 0.265 e. The number of aromatic nitrogens is 2. The summed E-state index contributed by atoms with van der Waals surface area (Å²) in [6.45, 7) is 1.42. The van der Waals surface area contributed by atoms with E-state index in [-0.39, 0.29) is 40.4 Å². The summed E-state index contributed by atoms with van der Waals surface area (Å²) in [6.07, 6.45) is 1.32. The van der Waals surface area contributed by atoms with Crippen LogP contribution in [0.4, 0.5) is 0 Å². The molecule has 0 aliphatic rings. The van der Waals surface area contributed by atoms with Crippen LogP contribution in [0.15, 0.2) is 15.5 Å². The molecular formula is C13H16N4O4. The summed E-state index contributed by atoms with van der Waals surface area (Å²) in [7, 11) is 4.72. The normalized spacial score (nSPS) is 10.7. The van der Waals surface area contributed by atoms with Crippen molar-refractivity contribution >= 4 is 22.9 Å². The molecule has 0 saturated heterocycles. The van der Waals surface area contributed by atoms with E-state index in [0.29, 0.717) is 0 Å². The fourth-order valence-electron chi connectivity index (χ4n) is 1.86. The minimum absolute atomic E-state index is 0.111. The van der Waals surface area contributed by atoms with Crippen LogP contribution in [-0.2, 0) is 11.8 Å². The van der Waals surface area contributed by atoms with Crippen molar-refractivity contribution < 1.29 is 14.0 Å². The van der Waals surface area contributed by atoms with Crippen molar-refractivity contribution in [3.63, 3.8) is 0 Å². The molecule has 1 N–H and O–H groups in total. The molecule has 0 fully saturated rings. The van der Waals surface area contributed by atoms with Crippen LogP contribution in [0.1, 0.15) is 16.1 Å². The van der Waals surface area contributed by atoms with Crippen LogP contribution in [0.25, 0.3) is 11.1 Å². The monoisotopic (exact) mass is 292 g/mol. The van der Waals surface area contributed by atoms with E-state index < -0.39 is 5.91 Å². The van der Waals surface area contributed by atoms with E-state index in [9.17, 15) is 14.4 Å². The molecule has 2 aromatic heterocycles. The summed E-state index contributed by atoms with van der Waals surface area (Å²) >= 11 is 0. The molecule has 8 nitrogen and oxygen atoms in total. The third-order valence-electron chi connectivity index (χ3n) is 3.07. The lowest BCUT2D eigenvalue weighted by Crippen LogP contribution is -2.36. The van der Waals surface area contributed by atoms with Gasteiger partial charge in [0.05, 0.1) is 12.1 Å². The molecule has 0 aromatic carbocycles. The number of carbonyl (C=O) groups excluding carboxylic acids is 2. The van der Waals surface area contributed by atoms with Gasteiger partial charge in [0.1, 0.15) is 17.5 Å². The highest BCUT2D eigenvalue weighted by Crippen LogP contribution is 2.20. The maximum absolute atomic E-state index is 12.2. The Balaban J connectivity index is 2.40. The lowest BCUT2D eigenvalue weighted by Gasteiger charge is -2.10. The molecule has 0 bridgehead atoms. The zero-order valence-corrected chi connectivity index (χ0v) is 12.3. The summed E-state index contributed by atoms with van der Waals surface area (Å²) < 4.78 is 6.59. The molecule has 2 rings (SSSR count). The lowest BCUT2D eigenvalue weighted by molar-refractivity contribution is -0.127. The largest absolute Gasteiger partial charge is 0.442 e. The van der Waals surface area contributed by atoms with Crippen molar-refractivity contribution in [3.8, 4) is 0 Å². The standard InChI is InChI=1S/C13H16N4O4/c1-7-9(11(19)14-5-8(18)16(2)3)10-12(21-7)15-6-17(4)13(10)20/h6H,5H2,1-4H3,(H,14,19). The average molecular weight is 292 g/mol. The third-order valence-corrected chi connectivity index (χ3v) is 3.07. The van der Waals surface area contributed by atoms with Crippen LogP contribution in [-0.4, -0.2) is 46.9 Å². The number of carbonyl (C=O) groups is 2. The van der Waals surface area contributed by atoms with E-state index in [1.165, 1.54) is 22.8 Å². The SMILES string of the molecule is Cc1oc2ncn(C)c(=O)c2c1C(=O)NCC(=O)N(C)C. The van der Waals surface area contributed by atoms with Gasteiger partial charge in [-0.3, -0.25) is 14.4 Å². The Labute approximate surface area is 120 Å². The summed E-state index contributed by atoms with van der Waals surface area (Å²) in [5.41, 5.74) is -0.147. The topological polar surface area (TPSA) is 97.4 Å². The van der Waals surface area contributed by atoms with Gasteiger partial charge in [0.25, 0.3) is 11.5 Å². The highest BCUT2D eigenvalue weighted by Gasteiger charge is 2.22. The van der Waals surface area contributed by atoms with Gasteiger partial charge in [0.15, 0.2) is 0 Å². The number of nitrogens with zero attached hydrogens (tertiary/aromatic N) is 3. The molecule has 0 radical (unpaired) electrons. The van der Waals surface area contributed by atoms with Crippen LogP contribution >= 0.6 is 0 Å². The van der Waals surface area contributed by atoms with Gasteiger partial charge in [-0.25, -0.2) is 4.98 Å². The highest BCUT2D eigenvalue weighted by molar-refractivity contribution is 6.07. The molecule has 0 aliphatic heterocycles. The minimum Gasteiger partial charge on any atom is -0.442 e. The van der Waals surface area contributed by atoms with E-state index in [2.05, 4.69) is 10.3 Å². The molecule has 2 amide bonds. The summed E-state index contributed by atoms with van der Waals surface area (Å²) in [4.78, 5) is 41.2. The molecule has 0 unspecified atom stereocenters. The summed E-state index contributed by atoms with van der Waals surface area (Å²) in [5, 5.41) is 2.60. The van der Waals surface area contributed by atoms with Crippen LogP contribution in [0.3, 0.4) is 0 Å². The van der Waals surface area contributed by atoms with Gasteiger partial charge in [0, 0.05) is 21.1 Å². The smallest absolute Gasteiger partial charge is 0.265 e. The van der Waals surface area contributed by atoms with Gasteiger partial charge in [-0.05, 0) is 6.92 Å². The lowest BCUT2D eigenvalue weighted by atomic mass is 10.2. The quantitative estimate of drug-likeness (QED) is 0.834. The predicted octanol–water partition coefficient (Wildman–Crippen LogP) is -0.347. The number of hydrogen-bond acceptors (Lipinski definition) is 5. The fraction of sp³-hybridized carbons (Fsp3) is 0.385. The molecule has 0 aliphatic carbocycles. The predicted molar refractivity (Wildman–Crippen MR) is 75.0 cm³/mol. The number of nitrogens with one attached hydrogen (secondary N) is 1. The highest BCUT2D eigenvalue weighted by atomic mass is 16.3. The number of fused-ring (bicyclic) bond motifs is 1. The molecule has 0 saturated carbocycles. The third kappa shape index (κ3) is 2.64. The Hall–Kier alpha value is -2.64. The number of furan rings is 1. The second-order valence-corrected chi connectivity index (χ2v) is 4.84. The second kappa shape index (κ2) is 5.39. The van der Waals surface area contributed by atoms with Crippen molar-refractivity contribution in [2.45, 2.75) is 6.92 Å². The molecule has 0 spiro atoms. The molecule has 112 valence electrons. The van der Waals surface area contributed by atoms with E-state index in [1.807, 2.05) is 0 Å². The molecule has 2 heterocycles. The zero-order chi connectivity index (χ0) is 15.7. The molecule has 21 heavy (non-hydrogen) atoms. The van der Waals surface area contributed by atoms with Gasteiger partial charge in [0.2, 0.25) is 11.6 Å².